The van der Waals surface area contributed by atoms with Crippen molar-refractivity contribution >= 4 is 5.97 Å². The fourth-order valence-electron chi connectivity index (χ4n) is 3.49. The molecule has 3 aromatic rings. The molecule has 0 aliphatic heterocycles. The fraction of sp³-hybridized carbons (Fsp3) is 0.296. The number of carbonyl (C=O) groups is 1. The predicted molar refractivity (Wildman–Crippen MR) is 120 cm³/mol. The highest BCUT2D eigenvalue weighted by molar-refractivity contribution is 5.91. The van der Waals surface area contributed by atoms with E-state index in [1.807, 2.05) is 36.4 Å². The van der Waals surface area contributed by atoms with Gasteiger partial charge in [-0.15, -0.1) is 0 Å². The van der Waals surface area contributed by atoms with Crippen LogP contribution in [0.25, 0.3) is 11.1 Å². The molecule has 0 aliphatic carbocycles. The molecule has 3 heteroatoms. The molecule has 0 unspecified atom stereocenters. The van der Waals surface area contributed by atoms with Crippen molar-refractivity contribution in [1.29, 1.82) is 0 Å². The maximum atomic E-state index is 14.6. The van der Waals surface area contributed by atoms with E-state index in [0.717, 1.165) is 49.7 Å². The van der Waals surface area contributed by atoms with Gasteiger partial charge in [0.1, 0.15) is 11.6 Å². The Morgan fingerprint density at radius 1 is 0.800 bits per heavy atom. The maximum Gasteiger partial charge on any atom is 0.343 e. The second-order valence-electron chi connectivity index (χ2n) is 7.63. The Kier molecular flexibility index (Phi) is 7.78. The van der Waals surface area contributed by atoms with Crippen LogP contribution in [0.1, 0.15) is 61.0 Å². The Hall–Kier alpha value is -2.94. The predicted octanol–water partition coefficient (Wildman–Crippen LogP) is 7.40. The first-order valence-corrected chi connectivity index (χ1v) is 10.8. The SMILES string of the molecule is CCCCCc1ccc(-c2ccc(C(=O)Oc3ccc(CCC)cc3)cc2)c(F)c1. The van der Waals surface area contributed by atoms with Crippen molar-refractivity contribution in [2.24, 2.45) is 0 Å². The Morgan fingerprint density at radius 2 is 1.50 bits per heavy atom. The summed E-state index contributed by atoms with van der Waals surface area (Å²) in [5.41, 5.74) is 3.97. The van der Waals surface area contributed by atoms with Crippen LogP contribution in [0.5, 0.6) is 5.75 Å². The number of carbonyl (C=O) groups excluding carboxylic acids is 1. The number of rotatable bonds is 9. The zero-order valence-corrected chi connectivity index (χ0v) is 17.8. The van der Waals surface area contributed by atoms with Crippen LogP contribution >= 0.6 is 0 Å². The molecule has 0 aliphatic rings. The minimum absolute atomic E-state index is 0.230. The summed E-state index contributed by atoms with van der Waals surface area (Å²) < 4.78 is 20.0. The molecule has 0 heterocycles. The lowest BCUT2D eigenvalue weighted by Crippen LogP contribution is -2.08. The first-order valence-electron chi connectivity index (χ1n) is 10.8. The smallest absolute Gasteiger partial charge is 0.343 e. The number of hydrogen-bond acceptors (Lipinski definition) is 2. The third-order valence-electron chi connectivity index (χ3n) is 5.21. The molecule has 156 valence electrons. The molecular formula is C27H29FO2. The Bertz CT molecular complexity index is 959. The second kappa shape index (κ2) is 10.7. The van der Waals surface area contributed by atoms with Crippen LogP contribution in [0.15, 0.2) is 66.7 Å². The first kappa shape index (κ1) is 21.8. The molecule has 3 aromatic carbocycles. The Labute approximate surface area is 178 Å². The standard InChI is InChI=1S/C27H29FO2/c1-3-5-6-8-21-11-18-25(26(28)19-21)22-12-14-23(15-13-22)27(29)30-24-16-9-20(7-4-2)10-17-24/h9-19H,3-8H2,1-2H3. The van der Waals surface area contributed by atoms with E-state index < -0.39 is 5.97 Å². The molecule has 0 fully saturated rings. The van der Waals surface area contributed by atoms with E-state index in [-0.39, 0.29) is 5.82 Å². The third kappa shape index (κ3) is 5.79. The van der Waals surface area contributed by atoms with Crippen molar-refractivity contribution in [3.05, 3.63) is 89.2 Å². The van der Waals surface area contributed by atoms with Crippen molar-refractivity contribution in [1.82, 2.24) is 0 Å². The summed E-state index contributed by atoms with van der Waals surface area (Å²) in [6.45, 7) is 4.29. The summed E-state index contributed by atoms with van der Waals surface area (Å²) in [7, 11) is 0. The van der Waals surface area contributed by atoms with Crippen molar-refractivity contribution in [3.8, 4) is 16.9 Å². The number of ether oxygens (including phenoxy) is 1. The fourth-order valence-corrected chi connectivity index (χ4v) is 3.49. The molecule has 0 bridgehead atoms. The molecule has 2 nitrogen and oxygen atoms in total. The average Bonchev–Trinajstić information content (AvgIpc) is 2.76. The maximum absolute atomic E-state index is 14.6. The lowest BCUT2D eigenvalue weighted by Gasteiger charge is -2.08. The van der Waals surface area contributed by atoms with Crippen molar-refractivity contribution < 1.29 is 13.9 Å². The summed E-state index contributed by atoms with van der Waals surface area (Å²) in [6.07, 6.45) is 6.37. The van der Waals surface area contributed by atoms with Crippen LogP contribution in [0.2, 0.25) is 0 Å². The highest BCUT2D eigenvalue weighted by Crippen LogP contribution is 2.25. The summed E-state index contributed by atoms with van der Waals surface area (Å²) in [5, 5.41) is 0. The number of hydrogen-bond donors (Lipinski definition) is 0. The van der Waals surface area contributed by atoms with E-state index in [0.29, 0.717) is 16.9 Å². The number of benzene rings is 3. The summed E-state index contributed by atoms with van der Waals surface area (Å²) in [5.74, 6) is -0.128. The zero-order valence-electron chi connectivity index (χ0n) is 17.8. The number of halogens is 1. The van der Waals surface area contributed by atoms with Gasteiger partial charge in [-0.25, -0.2) is 9.18 Å². The molecule has 0 saturated carbocycles. The molecule has 30 heavy (non-hydrogen) atoms. The number of aryl methyl sites for hydroxylation is 2. The van der Waals surface area contributed by atoms with Gasteiger partial charge in [0.15, 0.2) is 0 Å². The van der Waals surface area contributed by atoms with Crippen LogP contribution in [-0.4, -0.2) is 5.97 Å². The Balaban J connectivity index is 1.66. The normalized spacial score (nSPS) is 10.8. The van der Waals surface area contributed by atoms with Crippen LogP contribution in [-0.2, 0) is 12.8 Å². The molecule has 0 atom stereocenters. The van der Waals surface area contributed by atoms with Crippen molar-refractivity contribution in [2.75, 3.05) is 0 Å². The van der Waals surface area contributed by atoms with Crippen LogP contribution < -0.4 is 4.74 Å². The largest absolute Gasteiger partial charge is 0.423 e. The van der Waals surface area contributed by atoms with Gasteiger partial charge in [-0.2, -0.15) is 0 Å². The number of esters is 1. The Morgan fingerprint density at radius 3 is 2.13 bits per heavy atom. The summed E-state index contributed by atoms with van der Waals surface area (Å²) in [4.78, 5) is 12.4. The quantitative estimate of drug-likeness (QED) is 0.211. The van der Waals surface area contributed by atoms with E-state index in [1.54, 1.807) is 30.3 Å². The number of unbranched alkanes of at least 4 members (excludes halogenated alkanes) is 2. The van der Waals surface area contributed by atoms with E-state index in [2.05, 4.69) is 13.8 Å². The first-order chi connectivity index (χ1) is 14.6. The van der Waals surface area contributed by atoms with Gasteiger partial charge in [0.05, 0.1) is 5.56 Å². The van der Waals surface area contributed by atoms with Crippen LogP contribution in [0, 0.1) is 5.82 Å². The summed E-state index contributed by atoms with van der Waals surface area (Å²) in [6, 6.07) is 19.9. The second-order valence-corrected chi connectivity index (χ2v) is 7.63. The minimum atomic E-state index is -0.420. The van der Waals surface area contributed by atoms with Gasteiger partial charge in [-0.3, -0.25) is 0 Å². The lowest BCUT2D eigenvalue weighted by atomic mass is 9.99. The van der Waals surface area contributed by atoms with Crippen molar-refractivity contribution in [2.45, 2.75) is 52.4 Å². The van der Waals surface area contributed by atoms with Crippen LogP contribution in [0.3, 0.4) is 0 Å². The van der Waals surface area contributed by atoms with Gasteiger partial charge in [-0.05, 0) is 66.3 Å². The molecule has 0 saturated heterocycles. The minimum Gasteiger partial charge on any atom is -0.423 e. The highest BCUT2D eigenvalue weighted by Gasteiger charge is 2.11. The van der Waals surface area contributed by atoms with Crippen molar-refractivity contribution in [3.63, 3.8) is 0 Å². The molecule has 3 rings (SSSR count). The molecular weight excluding hydrogens is 375 g/mol. The van der Waals surface area contributed by atoms with Gasteiger partial charge in [0.2, 0.25) is 0 Å². The third-order valence-corrected chi connectivity index (χ3v) is 5.21. The van der Waals surface area contributed by atoms with Gasteiger partial charge in [0.25, 0.3) is 0 Å². The van der Waals surface area contributed by atoms with E-state index >= 15 is 0 Å². The molecule has 0 amide bonds. The van der Waals surface area contributed by atoms with E-state index in [9.17, 15) is 9.18 Å². The van der Waals surface area contributed by atoms with Gasteiger partial charge in [0, 0.05) is 5.56 Å². The zero-order chi connectivity index (χ0) is 21.3. The molecule has 0 N–H and O–H groups in total. The van der Waals surface area contributed by atoms with Crippen LogP contribution in [0.4, 0.5) is 4.39 Å². The summed E-state index contributed by atoms with van der Waals surface area (Å²) >= 11 is 0. The lowest BCUT2D eigenvalue weighted by molar-refractivity contribution is 0.0734. The molecule has 0 radical (unpaired) electrons. The molecule has 0 aromatic heterocycles. The highest BCUT2D eigenvalue weighted by atomic mass is 19.1. The van der Waals surface area contributed by atoms with Gasteiger partial charge in [-0.1, -0.05) is 69.5 Å². The average molecular weight is 405 g/mol. The molecule has 0 spiro atoms. The van der Waals surface area contributed by atoms with Gasteiger partial charge >= 0.3 is 5.97 Å². The van der Waals surface area contributed by atoms with E-state index in [4.69, 9.17) is 4.74 Å². The van der Waals surface area contributed by atoms with E-state index in [1.165, 1.54) is 5.56 Å². The topological polar surface area (TPSA) is 26.3 Å². The monoisotopic (exact) mass is 404 g/mol. The van der Waals surface area contributed by atoms with Gasteiger partial charge < -0.3 is 4.74 Å².